The van der Waals surface area contributed by atoms with Crippen LogP contribution in [0.2, 0.25) is 0 Å². The van der Waals surface area contributed by atoms with Crippen LogP contribution in [0.15, 0.2) is 12.3 Å². The van der Waals surface area contributed by atoms with Gasteiger partial charge in [-0.2, -0.15) is 0 Å². The topological polar surface area (TPSA) is 72.0 Å². The first-order valence-electron chi connectivity index (χ1n) is 3.01. The van der Waals surface area contributed by atoms with Crippen molar-refractivity contribution >= 4 is 5.95 Å². The van der Waals surface area contributed by atoms with E-state index in [9.17, 15) is 0 Å². The van der Waals surface area contributed by atoms with Gasteiger partial charge in [0.05, 0.1) is 0 Å². The van der Waals surface area contributed by atoms with Gasteiger partial charge < -0.3 is 10.8 Å². The summed E-state index contributed by atoms with van der Waals surface area (Å²) in [5.41, 5.74) is 6.06. The molecule has 10 heavy (non-hydrogen) atoms. The van der Waals surface area contributed by atoms with Crippen LogP contribution in [0.5, 0.6) is 0 Å². The van der Waals surface area contributed by atoms with Crippen LogP contribution in [0.3, 0.4) is 0 Å². The molecular weight excluding hydrogens is 130 g/mol. The van der Waals surface area contributed by atoms with Crippen molar-refractivity contribution in [2.24, 2.45) is 0 Å². The lowest BCUT2D eigenvalue weighted by Crippen LogP contribution is -1.99. The molecule has 0 amide bonds. The Morgan fingerprint density at radius 1 is 1.60 bits per heavy atom. The number of anilines is 1. The van der Waals surface area contributed by atoms with Crippen molar-refractivity contribution in [1.82, 2.24) is 9.97 Å². The SMILES string of the molecule is Nc1nccc(CCO)n1. The van der Waals surface area contributed by atoms with Gasteiger partial charge in [0.1, 0.15) is 0 Å². The summed E-state index contributed by atoms with van der Waals surface area (Å²) in [5.74, 6) is 0.256. The average Bonchev–Trinajstić information content (AvgIpc) is 1.88. The third-order valence-electron chi connectivity index (χ3n) is 1.10. The highest BCUT2D eigenvalue weighted by atomic mass is 16.3. The maximum Gasteiger partial charge on any atom is 0.220 e. The smallest absolute Gasteiger partial charge is 0.220 e. The highest BCUT2D eigenvalue weighted by Gasteiger charge is 1.92. The molecular formula is C6H9N3O. The number of nitrogens with two attached hydrogens (primary N) is 1. The van der Waals surface area contributed by atoms with Crippen LogP contribution in [-0.4, -0.2) is 21.7 Å². The fourth-order valence-electron chi connectivity index (χ4n) is 0.667. The van der Waals surface area contributed by atoms with Crippen LogP contribution in [0.4, 0.5) is 5.95 Å². The molecule has 1 heterocycles. The van der Waals surface area contributed by atoms with Gasteiger partial charge in [-0.15, -0.1) is 0 Å². The molecule has 0 atom stereocenters. The van der Waals surface area contributed by atoms with Gasteiger partial charge in [0.15, 0.2) is 0 Å². The quantitative estimate of drug-likeness (QED) is 0.584. The minimum atomic E-state index is 0.0937. The predicted octanol–water partition coefficient (Wildman–Crippen LogP) is -0.406. The highest BCUT2D eigenvalue weighted by molar-refractivity contribution is 5.17. The van der Waals surface area contributed by atoms with Gasteiger partial charge in [0.2, 0.25) is 5.95 Å². The second-order valence-electron chi connectivity index (χ2n) is 1.88. The number of hydrogen-bond acceptors (Lipinski definition) is 4. The summed E-state index contributed by atoms with van der Waals surface area (Å²) >= 11 is 0. The minimum Gasteiger partial charge on any atom is -0.396 e. The summed E-state index contributed by atoms with van der Waals surface area (Å²) in [7, 11) is 0. The van der Waals surface area contributed by atoms with Gasteiger partial charge in [-0.1, -0.05) is 0 Å². The van der Waals surface area contributed by atoms with E-state index >= 15 is 0 Å². The zero-order valence-corrected chi connectivity index (χ0v) is 5.49. The van der Waals surface area contributed by atoms with Crippen molar-refractivity contribution in [1.29, 1.82) is 0 Å². The van der Waals surface area contributed by atoms with E-state index in [0.717, 1.165) is 5.69 Å². The predicted molar refractivity (Wildman–Crippen MR) is 37.2 cm³/mol. The molecule has 4 nitrogen and oxygen atoms in total. The molecule has 0 spiro atoms. The largest absolute Gasteiger partial charge is 0.396 e. The summed E-state index contributed by atoms with van der Waals surface area (Å²) < 4.78 is 0. The molecule has 1 rings (SSSR count). The fraction of sp³-hybridized carbons (Fsp3) is 0.333. The minimum absolute atomic E-state index is 0.0937. The molecule has 0 aliphatic carbocycles. The Kier molecular flexibility index (Phi) is 2.17. The van der Waals surface area contributed by atoms with E-state index in [1.165, 1.54) is 0 Å². The van der Waals surface area contributed by atoms with E-state index in [2.05, 4.69) is 9.97 Å². The van der Waals surface area contributed by atoms with E-state index < -0.39 is 0 Å². The lowest BCUT2D eigenvalue weighted by atomic mass is 10.3. The molecule has 0 saturated carbocycles. The number of nitrogen functional groups attached to an aromatic ring is 1. The first-order valence-corrected chi connectivity index (χ1v) is 3.01. The average molecular weight is 139 g/mol. The van der Waals surface area contributed by atoms with Gasteiger partial charge in [-0.05, 0) is 6.07 Å². The Bertz CT molecular complexity index is 214. The van der Waals surface area contributed by atoms with Crippen molar-refractivity contribution in [2.75, 3.05) is 12.3 Å². The monoisotopic (exact) mass is 139 g/mol. The standard InChI is InChI=1S/C6H9N3O/c7-6-8-3-1-5(9-6)2-4-10/h1,3,10H,2,4H2,(H2,7,8,9). The molecule has 0 bridgehead atoms. The first kappa shape index (κ1) is 6.95. The summed E-state index contributed by atoms with van der Waals surface area (Å²) in [5, 5.41) is 8.51. The van der Waals surface area contributed by atoms with Crippen molar-refractivity contribution in [3.8, 4) is 0 Å². The van der Waals surface area contributed by atoms with Crippen LogP contribution in [0.25, 0.3) is 0 Å². The van der Waals surface area contributed by atoms with Crippen molar-refractivity contribution in [3.63, 3.8) is 0 Å². The molecule has 0 radical (unpaired) electrons. The van der Waals surface area contributed by atoms with Crippen LogP contribution in [-0.2, 0) is 6.42 Å². The second kappa shape index (κ2) is 3.12. The van der Waals surface area contributed by atoms with Crippen molar-refractivity contribution < 1.29 is 5.11 Å². The van der Waals surface area contributed by atoms with Crippen LogP contribution >= 0.6 is 0 Å². The Hall–Kier alpha value is -1.16. The Balaban J connectivity index is 2.75. The van der Waals surface area contributed by atoms with Crippen LogP contribution in [0.1, 0.15) is 5.69 Å². The molecule has 0 aliphatic rings. The number of nitrogens with zero attached hydrogens (tertiary/aromatic N) is 2. The molecule has 54 valence electrons. The molecule has 0 saturated heterocycles. The van der Waals surface area contributed by atoms with E-state index in [-0.39, 0.29) is 12.6 Å². The summed E-state index contributed by atoms with van der Waals surface area (Å²) in [6.45, 7) is 0.0937. The number of aliphatic hydroxyl groups is 1. The maximum absolute atomic E-state index is 8.51. The normalized spacial score (nSPS) is 9.70. The third kappa shape index (κ3) is 1.66. The van der Waals surface area contributed by atoms with Gasteiger partial charge in [-0.3, -0.25) is 0 Å². The van der Waals surface area contributed by atoms with E-state index in [1.54, 1.807) is 12.3 Å². The van der Waals surface area contributed by atoms with Gasteiger partial charge in [0, 0.05) is 24.9 Å². The molecule has 0 aromatic carbocycles. The fourth-order valence-corrected chi connectivity index (χ4v) is 0.667. The first-order chi connectivity index (χ1) is 4.83. The second-order valence-corrected chi connectivity index (χ2v) is 1.88. The molecule has 1 aromatic heterocycles. The number of rotatable bonds is 2. The molecule has 1 aromatic rings. The lowest BCUT2D eigenvalue weighted by Gasteiger charge is -1.95. The maximum atomic E-state index is 8.51. The van der Waals surface area contributed by atoms with Crippen LogP contribution in [0, 0.1) is 0 Å². The zero-order chi connectivity index (χ0) is 7.40. The van der Waals surface area contributed by atoms with Crippen molar-refractivity contribution in [3.05, 3.63) is 18.0 Å². The van der Waals surface area contributed by atoms with E-state index in [0.29, 0.717) is 6.42 Å². The van der Waals surface area contributed by atoms with E-state index in [1.807, 2.05) is 0 Å². The summed E-state index contributed by atoms with van der Waals surface area (Å²) in [6, 6.07) is 1.73. The Morgan fingerprint density at radius 2 is 2.40 bits per heavy atom. The van der Waals surface area contributed by atoms with Gasteiger partial charge in [0.25, 0.3) is 0 Å². The molecule has 4 heteroatoms. The highest BCUT2D eigenvalue weighted by Crippen LogP contribution is 1.95. The third-order valence-corrected chi connectivity index (χ3v) is 1.10. The number of aliphatic hydroxyl groups excluding tert-OH is 1. The van der Waals surface area contributed by atoms with Gasteiger partial charge in [-0.25, -0.2) is 9.97 Å². The molecule has 0 aliphatic heterocycles. The Morgan fingerprint density at radius 3 is 3.00 bits per heavy atom. The zero-order valence-electron chi connectivity index (χ0n) is 5.49. The van der Waals surface area contributed by atoms with Gasteiger partial charge >= 0.3 is 0 Å². The summed E-state index contributed by atoms with van der Waals surface area (Å²) in [4.78, 5) is 7.58. The van der Waals surface area contributed by atoms with Crippen LogP contribution < -0.4 is 5.73 Å². The molecule has 3 N–H and O–H groups in total. The van der Waals surface area contributed by atoms with Crippen molar-refractivity contribution in [2.45, 2.75) is 6.42 Å². The summed E-state index contributed by atoms with van der Waals surface area (Å²) in [6.07, 6.45) is 2.11. The number of aromatic nitrogens is 2. The van der Waals surface area contributed by atoms with E-state index in [4.69, 9.17) is 10.8 Å². The molecule has 0 fully saturated rings. The molecule has 0 unspecified atom stereocenters. The Labute approximate surface area is 58.7 Å². The lowest BCUT2D eigenvalue weighted by molar-refractivity contribution is 0.298. The number of hydrogen-bond donors (Lipinski definition) is 2.